The van der Waals surface area contributed by atoms with Gasteiger partial charge in [-0.2, -0.15) is 4.98 Å². The van der Waals surface area contributed by atoms with Gasteiger partial charge in [0.2, 0.25) is 5.95 Å². The molecule has 0 aliphatic carbocycles. The number of halogens is 1. The maximum atomic E-state index is 9.19. The number of nitrogen functional groups attached to an aromatic ring is 1. The number of rotatable bonds is 2. The van der Waals surface area contributed by atoms with Gasteiger partial charge >= 0.3 is 0 Å². The lowest BCUT2D eigenvalue weighted by Crippen LogP contribution is -2.32. The Morgan fingerprint density at radius 1 is 1.60 bits per heavy atom. The molecule has 1 aromatic rings. The summed E-state index contributed by atoms with van der Waals surface area (Å²) in [7, 11) is 0. The second kappa shape index (κ2) is 4.20. The fourth-order valence-electron chi connectivity index (χ4n) is 1.90. The first-order valence-corrected chi connectivity index (χ1v) is 5.26. The minimum Gasteiger partial charge on any atom is -0.394 e. The third-order valence-corrected chi connectivity index (χ3v) is 2.77. The van der Waals surface area contributed by atoms with Gasteiger partial charge in [-0.3, -0.25) is 0 Å². The van der Waals surface area contributed by atoms with Crippen LogP contribution in [0.3, 0.4) is 0 Å². The number of hydrogen-bond acceptors (Lipinski definition) is 5. The molecule has 0 unspecified atom stereocenters. The van der Waals surface area contributed by atoms with Crippen LogP contribution in [-0.2, 0) is 0 Å². The summed E-state index contributed by atoms with van der Waals surface area (Å²) < 4.78 is 0. The van der Waals surface area contributed by atoms with E-state index in [9.17, 15) is 5.11 Å². The van der Waals surface area contributed by atoms with Crippen LogP contribution in [0.2, 0.25) is 5.15 Å². The highest BCUT2D eigenvalue weighted by Gasteiger charge is 2.25. The summed E-state index contributed by atoms with van der Waals surface area (Å²) in [6, 6.07) is 1.79. The predicted molar refractivity (Wildman–Crippen MR) is 58.9 cm³/mol. The molecule has 0 radical (unpaired) electrons. The molecule has 1 saturated heterocycles. The van der Waals surface area contributed by atoms with E-state index in [1.807, 2.05) is 4.90 Å². The second-order valence-corrected chi connectivity index (χ2v) is 3.97. The lowest BCUT2D eigenvalue weighted by Gasteiger charge is -2.24. The Kier molecular flexibility index (Phi) is 2.93. The summed E-state index contributed by atoms with van der Waals surface area (Å²) in [4.78, 5) is 9.93. The fraction of sp³-hybridized carbons (Fsp3) is 0.556. The van der Waals surface area contributed by atoms with Gasteiger partial charge in [0.1, 0.15) is 11.0 Å². The van der Waals surface area contributed by atoms with Gasteiger partial charge in [-0.25, -0.2) is 4.98 Å². The van der Waals surface area contributed by atoms with Crippen LogP contribution in [0.15, 0.2) is 6.07 Å². The maximum Gasteiger partial charge on any atom is 0.223 e. The van der Waals surface area contributed by atoms with E-state index in [0.29, 0.717) is 11.0 Å². The van der Waals surface area contributed by atoms with E-state index in [0.717, 1.165) is 19.4 Å². The molecular formula is C9H13ClN4O. The zero-order valence-corrected chi connectivity index (χ0v) is 8.98. The van der Waals surface area contributed by atoms with Crippen molar-refractivity contribution in [2.45, 2.75) is 18.9 Å². The first-order valence-electron chi connectivity index (χ1n) is 4.88. The largest absolute Gasteiger partial charge is 0.394 e. The first kappa shape index (κ1) is 10.4. The van der Waals surface area contributed by atoms with Gasteiger partial charge < -0.3 is 15.7 Å². The van der Waals surface area contributed by atoms with Crippen molar-refractivity contribution >= 4 is 23.4 Å². The van der Waals surface area contributed by atoms with Crippen LogP contribution in [0.25, 0.3) is 0 Å². The van der Waals surface area contributed by atoms with Gasteiger partial charge in [0.05, 0.1) is 12.6 Å². The van der Waals surface area contributed by atoms with Crippen LogP contribution in [0.4, 0.5) is 11.8 Å². The van der Waals surface area contributed by atoms with Crippen molar-refractivity contribution < 1.29 is 5.11 Å². The zero-order valence-electron chi connectivity index (χ0n) is 8.23. The SMILES string of the molecule is Nc1nc(Cl)cc(N2CCC[C@@H]2CO)n1. The van der Waals surface area contributed by atoms with Crippen molar-refractivity contribution in [2.24, 2.45) is 0 Å². The molecule has 1 aliphatic rings. The van der Waals surface area contributed by atoms with Crippen LogP contribution in [0.1, 0.15) is 12.8 Å². The molecule has 1 aromatic heterocycles. The minimum atomic E-state index is 0.121. The summed E-state index contributed by atoms with van der Waals surface area (Å²) in [5, 5.41) is 9.52. The van der Waals surface area contributed by atoms with E-state index < -0.39 is 0 Å². The van der Waals surface area contributed by atoms with E-state index in [1.165, 1.54) is 0 Å². The zero-order chi connectivity index (χ0) is 10.8. The molecule has 15 heavy (non-hydrogen) atoms. The summed E-state index contributed by atoms with van der Waals surface area (Å²) in [5.41, 5.74) is 5.52. The Balaban J connectivity index is 2.28. The van der Waals surface area contributed by atoms with Crippen LogP contribution in [-0.4, -0.2) is 34.3 Å². The van der Waals surface area contributed by atoms with Crippen LogP contribution >= 0.6 is 11.6 Å². The average Bonchev–Trinajstić information content (AvgIpc) is 2.63. The number of aromatic nitrogens is 2. The standard InChI is InChI=1S/C9H13ClN4O/c10-7-4-8(13-9(11)12-7)14-3-1-2-6(14)5-15/h4,6,15H,1-3,5H2,(H2,11,12,13)/t6-/m1/s1. The van der Waals surface area contributed by atoms with Crippen molar-refractivity contribution in [1.29, 1.82) is 0 Å². The molecule has 0 spiro atoms. The number of nitrogens with zero attached hydrogens (tertiary/aromatic N) is 3. The molecule has 0 saturated carbocycles. The molecule has 0 aromatic carbocycles. The Hall–Kier alpha value is -1.07. The molecule has 5 nitrogen and oxygen atoms in total. The van der Waals surface area contributed by atoms with Gasteiger partial charge in [-0.1, -0.05) is 11.6 Å². The van der Waals surface area contributed by atoms with Crippen molar-refractivity contribution in [3.63, 3.8) is 0 Å². The number of aliphatic hydroxyl groups is 1. The highest BCUT2D eigenvalue weighted by molar-refractivity contribution is 6.29. The van der Waals surface area contributed by atoms with Gasteiger partial charge in [0, 0.05) is 12.6 Å². The Bertz CT molecular complexity index is 340. The number of nitrogens with two attached hydrogens (primary N) is 1. The van der Waals surface area contributed by atoms with Crippen molar-refractivity contribution in [1.82, 2.24) is 9.97 Å². The van der Waals surface area contributed by atoms with E-state index in [-0.39, 0.29) is 18.6 Å². The number of hydrogen-bond donors (Lipinski definition) is 2. The topological polar surface area (TPSA) is 75.3 Å². The van der Waals surface area contributed by atoms with Gasteiger partial charge in [0.15, 0.2) is 0 Å². The van der Waals surface area contributed by atoms with Crippen LogP contribution in [0, 0.1) is 0 Å². The Morgan fingerprint density at radius 2 is 2.40 bits per heavy atom. The van der Waals surface area contributed by atoms with Gasteiger partial charge in [-0.15, -0.1) is 0 Å². The van der Waals surface area contributed by atoms with Gasteiger partial charge in [0.25, 0.3) is 0 Å². The summed E-state index contributed by atoms with van der Waals surface area (Å²) >= 11 is 5.80. The molecule has 1 fully saturated rings. The fourth-order valence-corrected chi connectivity index (χ4v) is 2.08. The van der Waals surface area contributed by atoms with E-state index in [4.69, 9.17) is 17.3 Å². The number of aliphatic hydroxyl groups excluding tert-OH is 1. The molecule has 0 bridgehead atoms. The minimum absolute atomic E-state index is 0.121. The molecule has 3 N–H and O–H groups in total. The van der Waals surface area contributed by atoms with Crippen molar-refractivity contribution in [3.05, 3.63) is 11.2 Å². The molecule has 6 heteroatoms. The second-order valence-electron chi connectivity index (χ2n) is 3.58. The van der Waals surface area contributed by atoms with E-state index in [2.05, 4.69) is 9.97 Å². The van der Waals surface area contributed by atoms with Crippen molar-refractivity contribution in [2.75, 3.05) is 23.8 Å². The lowest BCUT2D eigenvalue weighted by molar-refractivity contribution is 0.266. The Morgan fingerprint density at radius 3 is 3.07 bits per heavy atom. The lowest BCUT2D eigenvalue weighted by atomic mass is 10.2. The smallest absolute Gasteiger partial charge is 0.223 e. The molecule has 1 aliphatic heterocycles. The Labute approximate surface area is 92.9 Å². The normalized spacial score (nSPS) is 20.9. The molecule has 2 heterocycles. The van der Waals surface area contributed by atoms with Crippen LogP contribution in [0.5, 0.6) is 0 Å². The molecule has 0 amide bonds. The summed E-state index contributed by atoms with van der Waals surface area (Å²) in [6.45, 7) is 1.000. The molecule has 82 valence electrons. The maximum absolute atomic E-state index is 9.19. The first-order chi connectivity index (χ1) is 7.20. The van der Waals surface area contributed by atoms with Crippen molar-refractivity contribution in [3.8, 4) is 0 Å². The molecule has 1 atom stereocenters. The quantitative estimate of drug-likeness (QED) is 0.728. The van der Waals surface area contributed by atoms with Crippen LogP contribution < -0.4 is 10.6 Å². The third-order valence-electron chi connectivity index (χ3n) is 2.58. The number of anilines is 2. The molecular weight excluding hydrogens is 216 g/mol. The highest BCUT2D eigenvalue weighted by atomic mass is 35.5. The van der Waals surface area contributed by atoms with E-state index >= 15 is 0 Å². The van der Waals surface area contributed by atoms with Gasteiger partial charge in [-0.05, 0) is 12.8 Å². The summed E-state index contributed by atoms with van der Waals surface area (Å²) in [6.07, 6.45) is 2.02. The average molecular weight is 229 g/mol. The molecule has 2 rings (SSSR count). The highest BCUT2D eigenvalue weighted by Crippen LogP contribution is 2.25. The summed E-state index contributed by atoms with van der Waals surface area (Å²) in [5.74, 6) is 0.866. The monoisotopic (exact) mass is 228 g/mol. The predicted octanol–water partition coefficient (Wildman–Crippen LogP) is 0.673. The van der Waals surface area contributed by atoms with E-state index in [1.54, 1.807) is 6.07 Å². The third kappa shape index (κ3) is 2.13.